The molecule has 0 aromatic heterocycles. The summed E-state index contributed by atoms with van der Waals surface area (Å²) in [7, 11) is 0. The van der Waals surface area contributed by atoms with Crippen LogP contribution in [-0.2, 0) is 4.79 Å². The summed E-state index contributed by atoms with van der Waals surface area (Å²) >= 11 is 0. The Labute approximate surface area is 85.2 Å². The van der Waals surface area contributed by atoms with E-state index in [4.69, 9.17) is 0 Å². The molecule has 1 atom stereocenters. The Kier molecular flexibility index (Phi) is 9.80. The van der Waals surface area contributed by atoms with E-state index in [0.29, 0.717) is 0 Å². The van der Waals surface area contributed by atoms with Gasteiger partial charge >= 0.3 is 29.6 Å². The van der Waals surface area contributed by atoms with Crippen LogP contribution >= 0.6 is 0 Å². The number of carbonyl (C=O) groups excluding carboxylic acids is 1. The third-order valence-corrected chi connectivity index (χ3v) is 1.42. The monoisotopic (exact) mass is 150 g/mol. The molecular formula is C8H15NaO. The third kappa shape index (κ3) is 6.53. The minimum atomic E-state index is 0. The summed E-state index contributed by atoms with van der Waals surface area (Å²) in [6.45, 7) is 5.54. The molecule has 0 aromatic carbocycles. The number of carbonyl (C=O) groups is 1. The summed E-state index contributed by atoms with van der Waals surface area (Å²) in [4.78, 5) is 10.6. The first kappa shape index (κ1) is 13.0. The van der Waals surface area contributed by atoms with Gasteiger partial charge in [0.05, 0.1) is 0 Å². The molecule has 54 valence electrons. The maximum absolute atomic E-state index is 10.6. The molecule has 2 heteroatoms. The van der Waals surface area contributed by atoms with E-state index in [1.54, 1.807) is 6.92 Å². The molecule has 0 bridgehead atoms. The molecule has 1 unspecified atom stereocenters. The molecule has 1 nitrogen and oxygen atoms in total. The van der Waals surface area contributed by atoms with E-state index in [2.05, 4.69) is 0 Å². The fraction of sp³-hybridized carbons (Fsp3) is 0.625. The predicted molar refractivity (Wildman–Crippen MR) is 46.4 cm³/mol. The Balaban J connectivity index is 0. The van der Waals surface area contributed by atoms with Crippen LogP contribution in [-0.4, -0.2) is 35.3 Å². The van der Waals surface area contributed by atoms with Gasteiger partial charge in [-0.25, -0.2) is 0 Å². The van der Waals surface area contributed by atoms with Crippen molar-refractivity contribution in [3.63, 3.8) is 0 Å². The molecule has 0 aliphatic carbocycles. The van der Waals surface area contributed by atoms with Crippen LogP contribution in [0.3, 0.4) is 0 Å². The Morgan fingerprint density at radius 2 is 2.10 bits per heavy atom. The normalized spacial score (nSPS) is 12.7. The van der Waals surface area contributed by atoms with Crippen molar-refractivity contribution in [1.82, 2.24) is 0 Å². The summed E-state index contributed by atoms with van der Waals surface area (Å²) in [5.41, 5.74) is 0. The van der Waals surface area contributed by atoms with Gasteiger partial charge in [0, 0.05) is 5.92 Å². The van der Waals surface area contributed by atoms with Crippen LogP contribution < -0.4 is 0 Å². The fourth-order valence-electron chi connectivity index (χ4n) is 0.506. The minimum absolute atomic E-state index is 0. The molecule has 0 saturated carbocycles. The van der Waals surface area contributed by atoms with Gasteiger partial charge in [0.1, 0.15) is 5.78 Å². The molecule has 10 heavy (non-hydrogen) atoms. The number of hydrogen-bond acceptors (Lipinski definition) is 1. The first-order valence-corrected chi connectivity index (χ1v) is 3.30. The second-order valence-electron chi connectivity index (χ2n) is 2.32. The molecule has 0 heterocycles. The van der Waals surface area contributed by atoms with Gasteiger partial charge < -0.3 is 0 Å². The van der Waals surface area contributed by atoms with E-state index >= 15 is 0 Å². The quantitative estimate of drug-likeness (QED) is 0.440. The zero-order valence-electron chi connectivity index (χ0n) is 6.35. The summed E-state index contributed by atoms with van der Waals surface area (Å²) in [6.07, 6.45) is 4.87. The second-order valence-corrected chi connectivity index (χ2v) is 2.32. The summed E-state index contributed by atoms with van der Waals surface area (Å²) < 4.78 is 0. The van der Waals surface area contributed by atoms with E-state index in [-0.39, 0.29) is 41.3 Å². The zero-order valence-corrected chi connectivity index (χ0v) is 6.35. The Morgan fingerprint density at radius 1 is 1.60 bits per heavy atom. The van der Waals surface area contributed by atoms with Crippen molar-refractivity contribution in [2.45, 2.75) is 27.2 Å². The van der Waals surface area contributed by atoms with Gasteiger partial charge in [-0.1, -0.05) is 19.1 Å². The van der Waals surface area contributed by atoms with Crippen LogP contribution in [0.5, 0.6) is 0 Å². The van der Waals surface area contributed by atoms with Crippen LogP contribution in [0.1, 0.15) is 27.2 Å². The average Bonchev–Trinajstić information content (AvgIpc) is 1.82. The predicted octanol–water partition coefficient (Wildman–Crippen LogP) is 1.53. The number of allylic oxidation sites excluding steroid dienone is 2. The SMILES string of the molecule is CC=CCC(C)C(C)=O.[NaH]. The first-order valence-electron chi connectivity index (χ1n) is 3.30. The standard InChI is InChI=1S/C8H14O.Na.H/c1-4-5-6-7(2)8(3)9;;/h4-5,7H,6H2,1-3H3;;. The van der Waals surface area contributed by atoms with Crippen LogP contribution in [0.25, 0.3) is 0 Å². The van der Waals surface area contributed by atoms with Crippen LogP contribution in [0.2, 0.25) is 0 Å². The molecular weight excluding hydrogens is 135 g/mol. The molecule has 0 saturated heterocycles. The van der Waals surface area contributed by atoms with Crippen LogP contribution in [0, 0.1) is 5.92 Å². The fourth-order valence-corrected chi connectivity index (χ4v) is 0.506. The first-order chi connectivity index (χ1) is 4.18. The Hall–Kier alpha value is 0.410. The number of Topliss-reactive ketones (excluding diaryl/α,β-unsaturated/α-hetero) is 1. The van der Waals surface area contributed by atoms with E-state index in [1.165, 1.54) is 0 Å². The van der Waals surface area contributed by atoms with E-state index in [0.717, 1.165) is 6.42 Å². The van der Waals surface area contributed by atoms with Gasteiger partial charge in [-0.15, -0.1) is 0 Å². The number of rotatable bonds is 3. The zero-order chi connectivity index (χ0) is 7.28. The molecule has 0 radical (unpaired) electrons. The van der Waals surface area contributed by atoms with Crippen molar-refractivity contribution in [3.05, 3.63) is 12.2 Å². The summed E-state index contributed by atoms with van der Waals surface area (Å²) in [6, 6.07) is 0. The molecule has 0 N–H and O–H groups in total. The van der Waals surface area contributed by atoms with Crippen LogP contribution in [0.15, 0.2) is 12.2 Å². The van der Waals surface area contributed by atoms with E-state index in [9.17, 15) is 4.79 Å². The van der Waals surface area contributed by atoms with E-state index in [1.807, 2.05) is 26.0 Å². The molecule has 0 amide bonds. The van der Waals surface area contributed by atoms with Crippen molar-refractivity contribution < 1.29 is 4.79 Å². The van der Waals surface area contributed by atoms with E-state index < -0.39 is 0 Å². The summed E-state index contributed by atoms with van der Waals surface area (Å²) in [5, 5.41) is 0. The average molecular weight is 150 g/mol. The van der Waals surface area contributed by atoms with Crippen molar-refractivity contribution in [2.75, 3.05) is 0 Å². The number of hydrogen-bond donors (Lipinski definition) is 0. The molecule has 0 rings (SSSR count). The van der Waals surface area contributed by atoms with Gasteiger partial charge in [-0.05, 0) is 20.3 Å². The van der Waals surface area contributed by atoms with Gasteiger partial charge in [0.25, 0.3) is 0 Å². The van der Waals surface area contributed by atoms with Crippen molar-refractivity contribution >= 4 is 35.3 Å². The third-order valence-electron chi connectivity index (χ3n) is 1.42. The van der Waals surface area contributed by atoms with Crippen LogP contribution in [0.4, 0.5) is 0 Å². The van der Waals surface area contributed by atoms with Crippen molar-refractivity contribution in [3.8, 4) is 0 Å². The topological polar surface area (TPSA) is 17.1 Å². The van der Waals surface area contributed by atoms with Gasteiger partial charge in [0.15, 0.2) is 0 Å². The molecule has 0 aromatic rings. The van der Waals surface area contributed by atoms with Crippen molar-refractivity contribution in [1.29, 1.82) is 0 Å². The molecule has 0 aliphatic heterocycles. The van der Waals surface area contributed by atoms with Gasteiger partial charge in [-0.3, -0.25) is 4.79 Å². The van der Waals surface area contributed by atoms with Gasteiger partial charge in [0.2, 0.25) is 0 Å². The summed E-state index contributed by atoms with van der Waals surface area (Å²) in [5.74, 6) is 0.467. The van der Waals surface area contributed by atoms with Crippen molar-refractivity contribution in [2.24, 2.45) is 5.92 Å². The maximum atomic E-state index is 10.6. The Bertz CT molecular complexity index is 118. The molecule has 0 fully saturated rings. The Morgan fingerprint density at radius 3 is 2.40 bits per heavy atom. The van der Waals surface area contributed by atoms with Gasteiger partial charge in [-0.2, -0.15) is 0 Å². The molecule has 0 aliphatic rings. The number of ketones is 1. The molecule has 0 spiro atoms. The second kappa shape index (κ2) is 7.52.